The Balaban J connectivity index is 2.33. The summed E-state index contributed by atoms with van der Waals surface area (Å²) in [5, 5.41) is 0. The van der Waals surface area contributed by atoms with E-state index in [9.17, 15) is 17.2 Å². The molecule has 0 saturated heterocycles. The average Bonchev–Trinajstić information content (AvgIpc) is 2.93. The summed E-state index contributed by atoms with van der Waals surface area (Å²) in [6.45, 7) is 0. The van der Waals surface area contributed by atoms with E-state index in [0.717, 1.165) is 6.07 Å². The van der Waals surface area contributed by atoms with E-state index in [1.807, 2.05) is 0 Å². The molecule has 0 unspecified atom stereocenters. The molecule has 0 atom stereocenters. The predicted molar refractivity (Wildman–Crippen MR) is 56.8 cm³/mol. The molecule has 1 fully saturated rings. The summed E-state index contributed by atoms with van der Waals surface area (Å²) >= 11 is 0. The van der Waals surface area contributed by atoms with Crippen LogP contribution in [0.4, 0.5) is 8.78 Å². The zero-order valence-electron chi connectivity index (χ0n) is 8.21. The summed E-state index contributed by atoms with van der Waals surface area (Å²) in [5.74, 6) is -1.96. The molecule has 1 aromatic rings. The van der Waals surface area contributed by atoms with Crippen LogP contribution in [-0.4, -0.2) is 13.2 Å². The van der Waals surface area contributed by atoms with Gasteiger partial charge in [0, 0.05) is 10.7 Å². The Kier molecular flexibility index (Phi) is 2.70. The van der Waals surface area contributed by atoms with Gasteiger partial charge in [-0.15, -0.1) is 0 Å². The zero-order chi connectivity index (χ0) is 12.0. The van der Waals surface area contributed by atoms with Crippen LogP contribution in [0.5, 0.6) is 0 Å². The molecule has 0 N–H and O–H groups in total. The standard InChI is InChI=1S/C10H9ClF2O2S/c11-16(14,15)10(4-5-10)6-7-2-1-3-8(12)9(7)13/h1-3H,4-6H2. The van der Waals surface area contributed by atoms with E-state index in [4.69, 9.17) is 10.7 Å². The van der Waals surface area contributed by atoms with Crippen molar-refractivity contribution in [2.45, 2.75) is 24.0 Å². The number of halogens is 3. The lowest BCUT2D eigenvalue weighted by Crippen LogP contribution is -2.21. The quantitative estimate of drug-likeness (QED) is 0.788. The molecule has 1 aliphatic carbocycles. The first-order chi connectivity index (χ1) is 7.36. The minimum atomic E-state index is -3.74. The van der Waals surface area contributed by atoms with Crippen LogP contribution in [0, 0.1) is 11.6 Å². The van der Waals surface area contributed by atoms with Crippen LogP contribution >= 0.6 is 10.7 Å². The van der Waals surface area contributed by atoms with Crippen LogP contribution in [0.1, 0.15) is 18.4 Å². The Labute approximate surface area is 96.6 Å². The second kappa shape index (κ2) is 3.67. The van der Waals surface area contributed by atoms with Crippen LogP contribution in [0.2, 0.25) is 0 Å². The van der Waals surface area contributed by atoms with E-state index in [0.29, 0.717) is 12.8 Å². The van der Waals surface area contributed by atoms with Gasteiger partial charge in [-0.2, -0.15) is 0 Å². The summed E-state index contributed by atoms with van der Waals surface area (Å²) in [7, 11) is 1.55. The lowest BCUT2D eigenvalue weighted by Gasteiger charge is -2.11. The number of rotatable bonds is 3. The highest BCUT2D eigenvalue weighted by Gasteiger charge is 2.54. The third kappa shape index (κ3) is 1.94. The van der Waals surface area contributed by atoms with Crippen molar-refractivity contribution < 1.29 is 17.2 Å². The van der Waals surface area contributed by atoms with Crippen LogP contribution in [-0.2, 0) is 15.5 Å². The molecule has 0 spiro atoms. The highest BCUT2D eigenvalue weighted by Crippen LogP contribution is 2.48. The first kappa shape index (κ1) is 11.8. The van der Waals surface area contributed by atoms with Crippen molar-refractivity contribution >= 4 is 19.7 Å². The smallest absolute Gasteiger partial charge is 0.212 e. The van der Waals surface area contributed by atoms with Gasteiger partial charge in [-0.05, 0) is 30.9 Å². The van der Waals surface area contributed by atoms with E-state index < -0.39 is 25.4 Å². The van der Waals surface area contributed by atoms with Crippen molar-refractivity contribution in [3.63, 3.8) is 0 Å². The zero-order valence-corrected chi connectivity index (χ0v) is 9.78. The molecule has 1 aromatic carbocycles. The highest BCUT2D eigenvalue weighted by atomic mass is 35.7. The van der Waals surface area contributed by atoms with Crippen molar-refractivity contribution in [2.24, 2.45) is 0 Å². The first-order valence-corrected chi connectivity index (χ1v) is 7.04. The monoisotopic (exact) mass is 266 g/mol. The molecule has 0 aromatic heterocycles. The Bertz CT molecular complexity index is 524. The second-order valence-electron chi connectivity index (χ2n) is 4.01. The van der Waals surface area contributed by atoms with E-state index in [-0.39, 0.29) is 12.0 Å². The third-order valence-electron chi connectivity index (χ3n) is 2.87. The van der Waals surface area contributed by atoms with Gasteiger partial charge in [-0.1, -0.05) is 12.1 Å². The molecular weight excluding hydrogens is 258 g/mol. The van der Waals surface area contributed by atoms with Crippen LogP contribution < -0.4 is 0 Å². The van der Waals surface area contributed by atoms with E-state index in [1.54, 1.807) is 0 Å². The molecular formula is C10H9ClF2O2S. The number of hydrogen-bond donors (Lipinski definition) is 0. The number of hydrogen-bond acceptors (Lipinski definition) is 2. The Morgan fingerprint density at radius 1 is 1.31 bits per heavy atom. The Morgan fingerprint density at radius 3 is 2.44 bits per heavy atom. The van der Waals surface area contributed by atoms with E-state index >= 15 is 0 Å². The summed E-state index contributed by atoms with van der Waals surface area (Å²) in [6, 6.07) is 3.72. The molecule has 2 nitrogen and oxygen atoms in total. The van der Waals surface area contributed by atoms with Crippen LogP contribution in [0.25, 0.3) is 0 Å². The molecule has 1 aliphatic rings. The maximum atomic E-state index is 13.3. The van der Waals surface area contributed by atoms with E-state index in [1.165, 1.54) is 12.1 Å². The highest BCUT2D eigenvalue weighted by molar-refractivity contribution is 8.15. The lowest BCUT2D eigenvalue weighted by atomic mass is 10.1. The van der Waals surface area contributed by atoms with Gasteiger partial charge in [0.15, 0.2) is 11.6 Å². The summed E-state index contributed by atoms with van der Waals surface area (Å²) in [5.41, 5.74) is 0.0572. The normalized spacial score (nSPS) is 18.4. The number of benzene rings is 1. The fraction of sp³-hybridized carbons (Fsp3) is 0.400. The van der Waals surface area contributed by atoms with Gasteiger partial charge in [0.1, 0.15) is 0 Å². The van der Waals surface area contributed by atoms with Crippen molar-refractivity contribution in [1.82, 2.24) is 0 Å². The Morgan fingerprint density at radius 2 is 1.94 bits per heavy atom. The topological polar surface area (TPSA) is 34.1 Å². The summed E-state index contributed by atoms with van der Waals surface area (Å²) in [6.07, 6.45) is 0.728. The molecule has 1 saturated carbocycles. The van der Waals surface area contributed by atoms with Crippen molar-refractivity contribution in [1.29, 1.82) is 0 Å². The maximum Gasteiger partial charge on any atom is 0.238 e. The van der Waals surface area contributed by atoms with Gasteiger partial charge in [-0.25, -0.2) is 17.2 Å². The molecule has 16 heavy (non-hydrogen) atoms. The SMILES string of the molecule is O=S(=O)(Cl)C1(Cc2cccc(F)c2F)CC1. The van der Waals surface area contributed by atoms with Crippen LogP contribution in [0.15, 0.2) is 18.2 Å². The average molecular weight is 267 g/mol. The fourth-order valence-electron chi connectivity index (χ4n) is 1.68. The largest absolute Gasteiger partial charge is 0.238 e. The molecule has 88 valence electrons. The minimum Gasteiger partial charge on any atom is -0.212 e. The molecule has 0 bridgehead atoms. The molecule has 0 radical (unpaired) electrons. The van der Waals surface area contributed by atoms with Gasteiger partial charge in [0.25, 0.3) is 0 Å². The summed E-state index contributed by atoms with van der Waals surface area (Å²) in [4.78, 5) is 0. The molecule has 6 heteroatoms. The van der Waals surface area contributed by atoms with Gasteiger partial charge in [0.2, 0.25) is 9.05 Å². The molecule has 0 aliphatic heterocycles. The maximum absolute atomic E-state index is 13.3. The van der Waals surface area contributed by atoms with Gasteiger partial charge in [-0.3, -0.25) is 0 Å². The van der Waals surface area contributed by atoms with Crippen LogP contribution in [0.3, 0.4) is 0 Å². The van der Waals surface area contributed by atoms with Crippen molar-refractivity contribution in [2.75, 3.05) is 0 Å². The molecule has 2 rings (SSSR count). The second-order valence-corrected chi connectivity index (χ2v) is 6.97. The predicted octanol–water partition coefficient (Wildman–Crippen LogP) is 2.61. The van der Waals surface area contributed by atoms with Gasteiger partial charge in [0.05, 0.1) is 4.75 Å². The fourth-order valence-corrected chi connectivity index (χ4v) is 3.22. The molecule has 0 heterocycles. The Hall–Kier alpha value is -0.680. The summed E-state index contributed by atoms with van der Waals surface area (Å²) < 4.78 is 47.7. The van der Waals surface area contributed by atoms with Gasteiger partial charge >= 0.3 is 0 Å². The third-order valence-corrected chi connectivity index (χ3v) is 5.44. The van der Waals surface area contributed by atoms with Gasteiger partial charge < -0.3 is 0 Å². The van der Waals surface area contributed by atoms with E-state index in [2.05, 4.69) is 0 Å². The minimum absolute atomic E-state index is 0.0572. The van der Waals surface area contributed by atoms with Crippen molar-refractivity contribution in [3.05, 3.63) is 35.4 Å². The van der Waals surface area contributed by atoms with Crippen molar-refractivity contribution in [3.8, 4) is 0 Å². The molecule has 0 amide bonds. The lowest BCUT2D eigenvalue weighted by molar-refractivity contribution is 0.496. The first-order valence-electron chi connectivity index (χ1n) is 4.73.